The van der Waals surface area contributed by atoms with Gasteiger partial charge >= 0.3 is 0 Å². The van der Waals surface area contributed by atoms with E-state index in [1.54, 1.807) is 16.4 Å². The molecule has 2 aliphatic rings. The summed E-state index contributed by atoms with van der Waals surface area (Å²) in [6.45, 7) is 6.44. The first kappa shape index (κ1) is 26.1. The van der Waals surface area contributed by atoms with E-state index in [2.05, 4.69) is 21.9 Å². The molecule has 2 saturated heterocycles. The standard InChI is InChI=1S/C22H29N3O3S.2ClH/c1-18-7-9-20(10-8-18)29(27,28)25-13-11-24(12-14-25)21-16-23(17-22(21)26)15-19-5-3-2-4-6-19;;/h2-10,21-22,26H,11-17H2,1H3;2*1H/t21-,22-;;/m1../s1. The molecule has 0 bridgehead atoms. The van der Waals surface area contributed by atoms with Gasteiger partial charge < -0.3 is 5.11 Å². The van der Waals surface area contributed by atoms with Crippen molar-refractivity contribution in [1.82, 2.24) is 14.1 Å². The first-order chi connectivity index (χ1) is 13.9. The molecule has 2 aromatic rings. The van der Waals surface area contributed by atoms with Crippen molar-refractivity contribution in [3.63, 3.8) is 0 Å². The lowest BCUT2D eigenvalue weighted by Crippen LogP contribution is -2.54. The second kappa shape index (κ2) is 11.1. The van der Waals surface area contributed by atoms with E-state index >= 15 is 0 Å². The highest BCUT2D eigenvalue weighted by molar-refractivity contribution is 7.89. The number of halogens is 2. The number of aryl methyl sites for hydroxylation is 1. The van der Waals surface area contributed by atoms with Crippen molar-refractivity contribution in [2.24, 2.45) is 0 Å². The summed E-state index contributed by atoms with van der Waals surface area (Å²) in [5, 5.41) is 10.6. The van der Waals surface area contributed by atoms with Crippen LogP contribution in [0.2, 0.25) is 0 Å². The molecule has 9 heteroatoms. The molecule has 2 fully saturated rings. The predicted molar refractivity (Wildman–Crippen MR) is 128 cm³/mol. The number of benzene rings is 2. The largest absolute Gasteiger partial charge is 0.390 e. The van der Waals surface area contributed by atoms with Crippen molar-refractivity contribution in [1.29, 1.82) is 0 Å². The van der Waals surface area contributed by atoms with Crippen molar-refractivity contribution in [3.05, 3.63) is 65.7 Å². The Balaban J connectivity index is 0.00000171. The highest BCUT2D eigenvalue weighted by Crippen LogP contribution is 2.23. The Bertz CT molecular complexity index is 921. The number of rotatable bonds is 5. The number of β-amino-alcohol motifs (C(OH)–C–C–N with tert-alkyl or cyclic N) is 1. The van der Waals surface area contributed by atoms with E-state index in [4.69, 9.17) is 0 Å². The molecule has 0 amide bonds. The van der Waals surface area contributed by atoms with E-state index in [1.165, 1.54) is 5.56 Å². The number of aliphatic hydroxyl groups is 1. The van der Waals surface area contributed by atoms with Gasteiger partial charge in [0.05, 0.1) is 11.0 Å². The van der Waals surface area contributed by atoms with Crippen LogP contribution in [0.1, 0.15) is 11.1 Å². The minimum absolute atomic E-state index is 0. The van der Waals surface area contributed by atoms with Crippen molar-refractivity contribution < 1.29 is 13.5 Å². The van der Waals surface area contributed by atoms with Gasteiger partial charge in [0, 0.05) is 51.9 Å². The van der Waals surface area contributed by atoms with Crippen molar-refractivity contribution in [2.45, 2.75) is 30.5 Å². The molecule has 2 atom stereocenters. The van der Waals surface area contributed by atoms with Crippen LogP contribution in [0.4, 0.5) is 0 Å². The summed E-state index contributed by atoms with van der Waals surface area (Å²) in [6.07, 6.45) is -0.404. The van der Waals surface area contributed by atoms with Crippen molar-refractivity contribution >= 4 is 34.8 Å². The van der Waals surface area contributed by atoms with Crippen LogP contribution in [0.5, 0.6) is 0 Å². The first-order valence-electron chi connectivity index (χ1n) is 10.2. The van der Waals surface area contributed by atoms with Gasteiger partial charge in [-0.25, -0.2) is 8.42 Å². The van der Waals surface area contributed by atoms with Gasteiger partial charge in [-0.15, -0.1) is 24.8 Å². The van der Waals surface area contributed by atoms with E-state index in [9.17, 15) is 13.5 Å². The van der Waals surface area contributed by atoms with Crippen LogP contribution in [0.25, 0.3) is 0 Å². The third-order valence-electron chi connectivity index (χ3n) is 5.98. The van der Waals surface area contributed by atoms with E-state index in [0.29, 0.717) is 37.6 Å². The van der Waals surface area contributed by atoms with E-state index in [-0.39, 0.29) is 30.9 Å². The Kier molecular flexibility index (Phi) is 9.33. The smallest absolute Gasteiger partial charge is 0.243 e. The quantitative estimate of drug-likeness (QED) is 0.701. The van der Waals surface area contributed by atoms with Gasteiger partial charge in [-0.2, -0.15) is 4.31 Å². The third kappa shape index (κ3) is 5.99. The Morgan fingerprint density at radius 3 is 2.13 bits per heavy atom. The number of hydrogen-bond acceptors (Lipinski definition) is 5. The number of aliphatic hydroxyl groups excluding tert-OH is 1. The molecule has 0 spiro atoms. The molecule has 0 radical (unpaired) electrons. The van der Waals surface area contributed by atoms with Gasteiger partial charge in [0.25, 0.3) is 0 Å². The lowest BCUT2D eigenvalue weighted by Gasteiger charge is -2.38. The Hall–Kier alpha value is -1.19. The SMILES string of the molecule is Cc1ccc(S(=O)(=O)N2CCN([C@@H]3CN(Cc4ccccc4)C[C@H]3O)CC2)cc1.Cl.Cl. The van der Waals surface area contributed by atoms with Crippen LogP contribution in [0.3, 0.4) is 0 Å². The summed E-state index contributed by atoms with van der Waals surface area (Å²) in [5.74, 6) is 0. The topological polar surface area (TPSA) is 64.1 Å². The molecule has 4 rings (SSSR count). The molecule has 31 heavy (non-hydrogen) atoms. The second-order valence-corrected chi connectivity index (χ2v) is 10.0. The lowest BCUT2D eigenvalue weighted by molar-refractivity contribution is 0.0618. The number of nitrogens with zero attached hydrogens (tertiary/aromatic N) is 3. The number of hydrogen-bond donors (Lipinski definition) is 1. The van der Waals surface area contributed by atoms with Crippen LogP contribution in [0.15, 0.2) is 59.5 Å². The van der Waals surface area contributed by atoms with Crippen molar-refractivity contribution in [3.8, 4) is 0 Å². The summed E-state index contributed by atoms with van der Waals surface area (Å²) in [4.78, 5) is 4.88. The molecule has 6 nitrogen and oxygen atoms in total. The van der Waals surface area contributed by atoms with Crippen LogP contribution >= 0.6 is 24.8 Å². The Morgan fingerprint density at radius 1 is 0.903 bits per heavy atom. The summed E-state index contributed by atoms with van der Waals surface area (Å²) in [6, 6.07) is 17.4. The molecular formula is C22H31Cl2N3O3S. The van der Waals surface area contributed by atoms with Gasteiger partial charge in [-0.05, 0) is 24.6 Å². The zero-order valence-corrected chi connectivity index (χ0v) is 20.1. The summed E-state index contributed by atoms with van der Waals surface area (Å²) < 4.78 is 27.4. The van der Waals surface area contributed by atoms with Crippen molar-refractivity contribution in [2.75, 3.05) is 39.3 Å². The molecule has 2 heterocycles. The molecule has 0 aromatic heterocycles. The molecule has 0 unspecified atom stereocenters. The maximum atomic E-state index is 12.9. The molecule has 2 aliphatic heterocycles. The fourth-order valence-electron chi connectivity index (χ4n) is 4.31. The van der Waals surface area contributed by atoms with Gasteiger partial charge in [0.2, 0.25) is 10.0 Å². The van der Waals surface area contributed by atoms with Gasteiger partial charge in [-0.3, -0.25) is 9.80 Å². The van der Waals surface area contributed by atoms with Crippen LogP contribution < -0.4 is 0 Å². The molecule has 0 saturated carbocycles. The van der Waals surface area contributed by atoms with Crippen LogP contribution in [-0.2, 0) is 16.6 Å². The van der Waals surface area contributed by atoms with Crippen LogP contribution in [0, 0.1) is 6.92 Å². The zero-order valence-electron chi connectivity index (χ0n) is 17.6. The first-order valence-corrected chi connectivity index (χ1v) is 11.6. The average Bonchev–Trinajstić information content (AvgIpc) is 3.09. The number of sulfonamides is 1. The lowest BCUT2D eigenvalue weighted by atomic mass is 10.1. The monoisotopic (exact) mass is 487 g/mol. The fraction of sp³-hybridized carbons (Fsp3) is 0.455. The average molecular weight is 488 g/mol. The molecule has 1 N–H and O–H groups in total. The van der Waals surface area contributed by atoms with Gasteiger partial charge in [-0.1, -0.05) is 48.0 Å². The molecule has 2 aromatic carbocycles. The normalized spacial score (nSPS) is 23.2. The minimum Gasteiger partial charge on any atom is -0.390 e. The summed E-state index contributed by atoms with van der Waals surface area (Å²) >= 11 is 0. The van der Waals surface area contributed by atoms with Gasteiger partial charge in [0.15, 0.2) is 0 Å². The molecule has 172 valence electrons. The van der Waals surface area contributed by atoms with E-state index < -0.39 is 16.1 Å². The highest BCUT2D eigenvalue weighted by Gasteiger charge is 2.38. The van der Waals surface area contributed by atoms with Crippen LogP contribution in [-0.4, -0.2) is 79.0 Å². The Labute approximate surface area is 197 Å². The maximum Gasteiger partial charge on any atom is 0.243 e. The zero-order chi connectivity index (χ0) is 20.4. The third-order valence-corrected chi connectivity index (χ3v) is 7.90. The van der Waals surface area contributed by atoms with E-state index in [0.717, 1.165) is 18.7 Å². The Morgan fingerprint density at radius 2 is 1.52 bits per heavy atom. The molecule has 0 aliphatic carbocycles. The fourth-order valence-corrected chi connectivity index (χ4v) is 5.73. The summed E-state index contributed by atoms with van der Waals surface area (Å²) in [5.41, 5.74) is 2.29. The highest BCUT2D eigenvalue weighted by atomic mass is 35.5. The minimum atomic E-state index is -3.46. The van der Waals surface area contributed by atoms with E-state index in [1.807, 2.05) is 37.3 Å². The number of likely N-dealkylation sites (tertiary alicyclic amines) is 1. The number of piperazine rings is 1. The second-order valence-electron chi connectivity index (χ2n) is 8.07. The predicted octanol–water partition coefficient (Wildman–Crippen LogP) is 2.39. The molecular weight excluding hydrogens is 457 g/mol. The maximum absolute atomic E-state index is 12.9. The van der Waals surface area contributed by atoms with Gasteiger partial charge in [0.1, 0.15) is 0 Å². The summed E-state index contributed by atoms with van der Waals surface area (Å²) in [7, 11) is -3.46.